The quantitative estimate of drug-likeness (QED) is 0.271. The Morgan fingerprint density at radius 1 is 1.14 bits per heavy atom. The number of guanidine groups is 1. The standard InChI is InChI=1S/C20H30N5O3/c1-3-4-10-18(27)23-14(2)19(28)24-16(13-26)11-12-17(25-20(21)22)15-8-6-5-7-9-15/h5-9,14,16-17H,3-4,10-12H2,1-2H3,(H,23,27)(H,24,28)(H4,21,22,25)/t14-,16-,17-/m0/s1. The third-order valence-electron chi connectivity index (χ3n) is 4.26. The van der Waals surface area contributed by atoms with Crippen molar-refractivity contribution in [3.63, 3.8) is 0 Å². The molecule has 0 bridgehead atoms. The van der Waals surface area contributed by atoms with Gasteiger partial charge in [-0.2, -0.15) is 0 Å². The highest BCUT2D eigenvalue weighted by atomic mass is 16.2. The van der Waals surface area contributed by atoms with Crippen LogP contribution in [0.1, 0.15) is 57.6 Å². The fraction of sp³-hybridized carbons (Fsp3) is 0.500. The van der Waals surface area contributed by atoms with E-state index in [1.165, 1.54) is 0 Å². The van der Waals surface area contributed by atoms with Gasteiger partial charge in [0.05, 0.1) is 12.1 Å². The number of unbranched alkanes of at least 4 members (excludes halogenated alkanes) is 1. The average Bonchev–Trinajstić information content (AvgIpc) is 2.68. The van der Waals surface area contributed by atoms with Gasteiger partial charge >= 0.3 is 0 Å². The number of hydrogen-bond acceptors (Lipinski definition) is 4. The van der Waals surface area contributed by atoms with E-state index in [9.17, 15) is 14.4 Å². The molecule has 0 saturated heterocycles. The van der Waals surface area contributed by atoms with Crippen molar-refractivity contribution >= 4 is 24.1 Å². The van der Waals surface area contributed by atoms with Crippen molar-refractivity contribution in [3.8, 4) is 0 Å². The molecule has 8 nitrogen and oxygen atoms in total. The predicted octanol–water partition coefficient (Wildman–Crippen LogP) is 1.28. The van der Waals surface area contributed by atoms with E-state index < -0.39 is 18.0 Å². The zero-order valence-electron chi connectivity index (χ0n) is 16.5. The fourth-order valence-corrected chi connectivity index (χ4v) is 2.70. The first-order valence-corrected chi connectivity index (χ1v) is 9.50. The average molecular weight is 388 g/mol. The van der Waals surface area contributed by atoms with Gasteiger partial charge in [-0.05, 0) is 31.7 Å². The first kappa shape index (κ1) is 23.1. The van der Waals surface area contributed by atoms with Gasteiger partial charge in [-0.3, -0.25) is 19.8 Å². The third kappa shape index (κ3) is 8.66. The van der Waals surface area contributed by atoms with Crippen molar-refractivity contribution in [1.82, 2.24) is 16.0 Å². The Morgan fingerprint density at radius 2 is 1.82 bits per heavy atom. The highest BCUT2D eigenvalue weighted by molar-refractivity contribution is 5.88. The summed E-state index contributed by atoms with van der Waals surface area (Å²) in [5.41, 5.74) is 6.38. The van der Waals surface area contributed by atoms with E-state index in [1.54, 1.807) is 6.92 Å². The van der Waals surface area contributed by atoms with E-state index >= 15 is 0 Å². The van der Waals surface area contributed by atoms with Crippen LogP contribution in [0.25, 0.3) is 0 Å². The fourth-order valence-electron chi connectivity index (χ4n) is 2.70. The summed E-state index contributed by atoms with van der Waals surface area (Å²) in [7, 11) is 0. The summed E-state index contributed by atoms with van der Waals surface area (Å²) in [6, 6.07) is 7.60. The molecule has 6 N–H and O–H groups in total. The summed E-state index contributed by atoms with van der Waals surface area (Å²) in [5, 5.41) is 15.5. The van der Waals surface area contributed by atoms with Crippen LogP contribution < -0.4 is 21.7 Å². The van der Waals surface area contributed by atoms with Gasteiger partial charge in [0.1, 0.15) is 6.04 Å². The van der Waals surface area contributed by atoms with Gasteiger partial charge in [-0.1, -0.05) is 43.7 Å². The molecule has 8 heteroatoms. The molecule has 0 saturated carbocycles. The smallest absolute Gasteiger partial charge is 0.242 e. The maximum Gasteiger partial charge on any atom is 0.242 e. The molecule has 28 heavy (non-hydrogen) atoms. The lowest BCUT2D eigenvalue weighted by molar-refractivity contribution is -0.128. The molecule has 0 heterocycles. The van der Waals surface area contributed by atoms with Gasteiger partial charge in [-0.25, -0.2) is 0 Å². The predicted molar refractivity (Wildman–Crippen MR) is 108 cm³/mol. The molecular weight excluding hydrogens is 358 g/mol. The van der Waals surface area contributed by atoms with Crippen molar-refractivity contribution < 1.29 is 14.4 Å². The zero-order valence-corrected chi connectivity index (χ0v) is 16.5. The minimum atomic E-state index is -0.817. The van der Waals surface area contributed by atoms with Gasteiger partial charge in [-0.15, -0.1) is 0 Å². The van der Waals surface area contributed by atoms with Crippen LogP contribution in [0.5, 0.6) is 0 Å². The van der Waals surface area contributed by atoms with Gasteiger partial charge in [0.25, 0.3) is 0 Å². The molecule has 2 amide bonds. The Morgan fingerprint density at radius 3 is 2.39 bits per heavy atom. The maximum absolute atomic E-state index is 12.2. The second-order valence-electron chi connectivity index (χ2n) is 6.67. The van der Waals surface area contributed by atoms with Crippen LogP contribution in [0.4, 0.5) is 0 Å². The molecule has 0 aliphatic carbocycles. The number of nitrogens with two attached hydrogens (primary N) is 1. The van der Waals surface area contributed by atoms with Crippen molar-refractivity contribution in [3.05, 3.63) is 35.9 Å². The topological polar surface area (TPSA) is 137 Å². The zero-order chi connectivity index (χ0) is 20.9. The number of benzene rings is 1. The number of nitrogens with one attached hydrogen (secondary N) is 4. The van der Waals surface area contributed by atoms with E-state index in [0.29, 0.717) is 19.3 Å². The van der Waals surface area contributed by atoms with Crippen molar-refractivity contribution in [2.24, 2.45) is 5.73 Å². The molecule has 1 rings (SSSR count). The van der Waals surface area contributed by atoms with Crippen molar-refractivity contribution in [2.75, 3.05) is 0 Å². The summed E-state index contributed by atoms with van der Waals surface area (Å²) in [6.45, 7) is 3.56. The normalized spacial score (nSPS) is 13.6. The van der Waals surface area contributed by atoms with Crippen molar-refractivity contribution in [2.45, 2.75) is 64.1 Å². The van der Waals surface area contributed by atoms with Crippen LogP contribution in [0.3, 0.4) is 0 Å². The van der Waals surface area contributed by atoms with Gasteiger partial charge < -0.3 is 21.7 Å². The lowest BCUT2D eigenvalue weighted by atomic mass is 9.99. The van der Waals surface area contributed by atoms with Crippen LogP contribution >= 0.6 is 0 Å². The van der Waals surface area contributed by atoms with Crippen molar-refractivity contribution in [1.29, 1.82) is 5.41 Å². The van der Waals surface area contributed by atoms with Crippen LogP contribution in [0, 0.1) is 5.41 Å². The molecule has 0 aliphatic rings. The minimum absolute atomic E-state index is 0.173. The van der Waals surface area contributed by atoms with Crippen LogP contribution in [0.2, 0.25) is 0 Å². The second kappa shape index (κ2) is 12.5. The molecule has 0 fully saturated rings. The van der Waals surface area contributed by atoms with Gasteiger partial charge in [0, 0.05) is 6.42 Å². The lowest BCUT2D eigenvalue weighted by Crippen LogP contribution is -2.48. The monoisotopic (exact) mass is 388 g/mol. The molecule has 0 spiro atoms. The minimum Gasteiger partial charge on any atom is -0.370 e. The molecule has 3 atom stereocenters. The molecule has 1 aromatic rings. The highest BCUT2D eigenvalue weighted by Crippen LogP contribution is 2.18. The summed E-state index contributed by atoms with van der Waals surface area (Å²) >= 11 is 0. The number of carbonyl (C=O) groups excluding carboxylic acids is 3. The number of carbonyl (C=O) groups is 2. The van der Waals surface area contributed by atoms with E-state index in [1.807, 2.05) is 43.5 Å². The Kier molecular flexibility index (Phi) is 10.3. The van der Waals surface area contributed by atoms with Gasteiger partial charge in [0.15, 0.2) is 5.96 Å². The van der Waals surface area contributed by atoms with E-state index in [4.69, 9.17) is 11.1 Å². The van der Waals surface area contributed by atoms with Gasteiger partial charge in [0.2, 0.25) is 18.1 Å². The summed E-state index contributed by atoms with van der Waals surface area (Å²) in [5.74, 6) is -0.798. The highest BCUT2D eigenvalue weighted by Gasteiger charge is 2.21. The van der Waals surface area contributed by atoms with E-state index in [0.717, 1.165) is 18.4 Å². The number of rotatable bonds is 12. The first-order valence-electron chi connectivity index (χ1n) is 9.50. The molecular formula is C20H30N5O3. The Labute approximate surface area is 166 Å². The van der Waals surface area contributed by atoms with Crippen LogP contribution in [-0.2, 0) is 14.4 Å². The largest absolute Gasteiger partial charge is 0.370 e. The second-order valence-corrected chi connectivity index (χ2v) is 6.67. The lowest BCUT2D eigenvalue weighted by Gasteiger charge is -2.22. The summed E-state index contributed by atoms with van der Waals surface area (Å²) in [4.78, 5) is 35.3. The first-order chi connectivity index (χ1) is 13.4. The summed E-state index contributed by atoms with van der Waals surface area (Å²) < 4.78 is 0. The number of hydrogen-bond donors (Lipinski definition) is 5. The van der Waals surface area contributed by atoms with E-state index in [2.05, 4.69) is 16.0 Å². The molecule has 1 aromatic carbocycles. The van der Waals surface area contributed by atoms with E-state index in [-0.39, 0.29) is 17.9 Å². The molecule has 0 unspecified atom stereocenters. The molecule has 0 aromatic heterocycles. The maximum atomic E-state index is 12.2. The Hall–Kier alpha value is -2.90. The van der Waals surface area contributed by atoms with Crippen LogP contribution in [0.15, 0.2) is 30.3 Å². The SMILES string of the molecule is CCCCC(=O)N[C@@H](C)C(=O)N[C@H]([C]=O)CC[C@H](NC(=N)N)c1ccccc1. The Bertz CT molecular complexity index is 651. The Balaban J connectivity index is 2.59. The van der Waals surface area contributed by atoms with Crippen LogP contribution in [-0.4, -0.2) is 36.1 Å². The number of amides is 2. The molecule has 1 radical (unpaired) electrons. The molecule has 153 valence electrons. The summed E-state index contributed by atoms with van der Waals surface area (Å²) in [6.07, 6.45) is 4.62. The molecule has 0 aliphatic heterocycles. The third-order valence-corrected chi connectivity index (χ3v) is 4.26.